The zero-order valence-electron chi connectivity index (χ0n) is 4.89. The first-order valence-electron chi connectivity index (χ1n) is 2.38. The topological polar surface area (TPSA) is 37.3 Å². The number of ketones is 1. The second kappa shape index (κ2) is 3.40. The Kier molecular flexibility index (Phi) is 3.55. The van der Waals surface area contributed by atoms with Gasteiger partial charge in [0.05, 0.1) is 0 Å². The van der Waals surface area contributed by atoms with Gasteiger partial charge >= 0.3 is 0 Å². The van der Waals surface area contributed by atoms with E-state index in [1.807, 2.05) is 22.6 Å². The molecule has 0 aliphatic rings. The van der Waals surface area contributed by atoms with Gasteiger partial charge in [-0.05, 0) is 6.92 Å². The van der Waals surface area contributed by atoms with Crippen LogP contribution in [-0.4, -0.2) is 20.9 Å². The van der Waals surface area contributed by atoms with Crippen molar-refractivity contribution in [2.75, 3.05) is 0 Å². The van der Waals surface area contributed by atoms with Crippen LogP contribution in [0.4, 0.5) is 0 Å². The monoisotopic (exact) mass is 228 g/mol. The fourth-order valence-electron chi connectivity index (χ4n) is 0.323. The lowest BCUT2D eigenvalue weighted by molar-refractivity contribution is -0.124. The molecular formula is C5H9IO2. The highest BCUT2D eigenvalue weighted by molar-refractivity contribution is 14.1. The minimum Gasteiger partial charge on any atom is -0.384 e. The normalized spacial score (nSPS) is 17.5. The maximum absolute atomic E-state index is 10.3. The molecule has 0 bridgehead atoms. The fraction of sp³-hybridized carbons (Fsp3) is 0.800. The van der Waals surface area contributed by atoms with Crippen molar-refractivity contribution in [2.45, 2.75) is 23.9 Å². The summed E-state index contributed by atoms with van der Waals surface area (Å²) >= 11 is 2.01. The van der Waals surface area contributed by atoms with Gasteiger partial charge in [-0.1, -0.05) is 29.5 Å². The Hall–Kier alpha value is 0.360. The van der Waals surface area contributed by atoms with Crippen LogP contribution in [0, 0.1) is 0 Å². The standard InChI is InChI=1S/C5H9IO2/c1-3(6)5(8)4(2)7/h3,5,8H,1-2H3. The van der Waals surface area contributed by atoms with E-state index in [0.717, 1.165) is 0 Å². The minimum absolute atomic E-state index is 0.0186. The molecule has 0 amide bonds. The van der Waals surface area contributed by atoms with Crippen LogP contribution in [0.2, 0.25) is 0 Å². The first-order valence-corrected chi connectivity index (χ1v) is 3.63. The number of hydrogen-bond acceptors (Lipinski definition) is 2. The highest BCUT2D eigenvalue weighted by Crippen LogP contribution is 2.04. The van der Waals surface area contributed by atoms with Gasteiger partial charge in [0, 0.05) is 3.92 Å². The first-order chi connectivity index (χ1) is 3.55. The molecule has 0 spiro atoms. The van der Waals surface area contributed by atoms with Crippen LogP contribution in [0.25, 0.3) is 0 Å². The van der Waals surface area contributed by atoms with Crippen LogP contribution in [0.5, 0.6) is 0 Å². The maximum Gasteiger partial charge on any atom is 0.159 e. The van der Waals surface area contributed by atoms with Crippen molar-refractivity contribution < 1.29 is 9.90 Å². The molecule has 0 aliphatic heterocycles. The molecule has 0 aromatic heterocycles. The van der Waals surface area contributed by atoms with Crippen LogP contribution in [0.3, 0.4) is 0 Å². The van der Waals surface area contributed by atoms with Gasteiger partial charge in [0.1, 0.15) is 6.10 Å². The van der Waals surface area contributed by atoms with Gasteiger partial charge < -0.3 is 5.11 Å². The fourth-order valence-corrected chi connectivity index (χ4v) is 0.830. The van der Waals surface area contributed by atoms with E-state index in [-0.39, 0.29) is 9.71 Å². The summed E-state index contributed by atoms with van der Waals surface area (Å²) in [5.74, 6) is -0.160. The summed E-state index contributed by atoms with van der Waals surface area (Å²) in [6.45, 7) is 3.19. The number of Topliss-reactive ketones (excluding diaryl/α,β-unsaturated/α-hetero) is 1. The van der Waals surface area contributed by atoms with Gasteiger partial charge in [-0.25, -0.2) is 0 Å². The van der Waals surface area contributed by atoms with Gasteiger partial charge in [-0.3, -0.25) is 4.79 Å². The average molecular weight is 228 g/mol. The highest BCUT2D eigenvalue weighted by Gasteiger charge is 2.14. The quantitative estimate of drug-likeness (QED) is 0.559. The van der Waals surface area contributed by atoms with Crippen LogP contribution >= 0.6 is 22.6 Å². The van der Waals surface area contributed by atoms with Crippen molar-refractivity contribution in [3.63, 3.8) is 0 Å². The second-order valence-corrected chi connectivity index (χ2v) is 3.70. The molecule has 0 aromatic carbocycles. The van der Waals surface area contributed by atoms with E-state index in [2.05, 4.69) is 0 Å². The lowest BCUT2D eigenvalue weighted by Crippen LogP contribution is -2.25. The van der Waals surface area contributed by atoms with Crippen LogP contribution in [-0.2, 0) is 4.79 Å². The molecule has 0 aromatic rings. The molecule has 8 heavy (non-hydrogen) atoms. The van der Waals surface area contributed by atoms with Gasteiger partial charge in [0.2, 0.25) is 0 Å². The zero-order chi connectivity index (χ0) is 6.73. The Morgan fingerprint density at radius 3 is 2.12 bits per heavy atom. The molecule has 1 N–H and O–H groups in total. The number of halogens is 1. The minimum atomic E-state index is -0.782. The number of carbonyl (C=O) groups is 1. The highest BCUT2D eigenvalue weighted by atomic mass is 127. The van der Waals surface area contributed by atoms with E-state index in [9.17, 15) is 4.79 Å². The average Bonchev–Trinajstić information content (AvgIpc) is 1.64. The van der Waals surface area contributed by atoms with Gasteiger partial charge in [-0.15, -0.1) is 0 Å². The molecule has 2 nitrogen and oxygen atoms in total. The second-order valence-electron chi connectivity index (χ2n) is 1.73. The first kappa shape index (κ1) is 8.36. The molecule has 2 unspecified atom stereocenters. The molecular weight excluding hydrogens is 219 g/mol. The molecule has 0 fully saturated rings. The Morgan fingerprint density at radius 1 is 1.75 bits per heavy atom. The molecule has 0 radical (unpaired) electrons. The molecule has 0 saturated heterocycles. The Balaban J connectivity index is 3.64. The molecule has 0 aliphatic carbocycles. The predicted octanol–water partition coefficient (Wildman–Crippen LogP) is 0.760. The maximum atomic E-state index is 10.3. The molecule has 48 valence electrons. The zero-order valence-corrected chi connectivity index (χ0v) is 7.05. The van der Waals surface area contributed by atoms with E-state index < -0.39 is 6.10 Å². The molecule has 3 heteroatoms. The number of aliphatic hydroxyl groups is 1. The summed E-state index contributed by atoms with van der Waals surface area (Å²) in [5.41, 5.74) is 0. The lowest BCUT2D eigenvalue weighted by atomic mass is 10.2. The van der Waals surface area contributed by atoms with Crippen LogP contribution < -0.4 is 0 Å². The number of hydrogen-bond donors (Lipinski definition) is 1. The van der Waals surface area contributed by atoms with E-state index in [1.165, 1.54) is 6.92 Å². The van der Waals surface area contributed by atoms with Crippen LogP contribution in [0.15, 0.2) is 0 Å². The largest absolute Gasteiger partial charge is 0.384 e. The number of aliphatic hydroxyl groups excluding tert-OH is 1. The summed E-state index contributed by atoms with van der Waals surface area (Å²) in [6, 6.07) is 0. The van der Waals surface area contributed by atoms with Crippen molar-refractivity contribution in [3.05, 3.63) is 0 Å². The summed E-state index contributed by atoms with van der Waals surface area (Å²) in [6.07, 6.45) is -0.782. The third kappa shape index (κ3) is 2.61. The third-order valence-electron chi connectivity index (χ3n) is 0.852. The Morgan fingerprint density at radius 2 is 2.12 bits per heavy atom. The number of rotatable bonds is 2. The van der Waals surface area contributed by atoms with Gasteiger partial charge in [-0.2, -0.15) is 0 Å². The van der Waals surface area contributed by atoms with E-state index in [0.29, 0.717) is 0 Å². The van der Waals surface area contributed by atoms with E-state index >= 15 is 0 Å². The summed E-state index contributed by atoms with van der Waals surface area (Å²) in [4.78, 5) is 10.3. The van der Waals surface area contributed by atoms with Crippen molar-refractivity contribution in [3.8, 4) is 0 Å². The summed E-state index contributed by atoms with van der Waals surface area (Å²) < 4.78 is 0.0186. The molecule has 0 saturated carbocycles. The van der Waals surface area contributed by atoms with Crippen molar-refractivity contribution in [1.29, 1.82) is 0 Å². The van der Waals surface area contributed by atoms with Gasteiger partial charge in [0.15, 0.2) is 5.78 Å². The van der Waals surface area contributed by atoms with Crippen LogP contribution in [0.1, 0.15) is 13.8 Å². The molecule has 2 atom stereocenters. The molecule has 0 heterocycles. The van der Waals surface area contributed by atoms with Crippen molar-refractivity contribution >= 4 is 28.4 Å². The third-order valence-corrected chi connectivity index (χ3v) is 1.53. The smallest absolute Gasteiger partial charge is 0.159 e. The number of alkyl halides is 1. The lowest BCUT2D eigenvalue weighted by Gasteiger charge is -2.06. The predicted molar refractivity (Wildman–Crippen MR) is 40.2 cm³/mol. The Bertz CT molecular complexity index is 90.4. The molecule has 0 rings (SSSR count). The Labute approximate surface area is 62.4 Å². The van der Waals surface area contributed by atoms with E-state index in [4.69, 9.17) is 5.11 Å². The van der Waals surface area contributed by atoms with Gasteiger partial charge in [0.25, 0.3) is 0 Å². The SMILES string of the molecule is CC(=O)C(O)C(C)I. The summed E-state index contributed by atoms with van der Waals surface area (Å²) in [7, 11) is 0. The van der Waals surface area contributed by atoms with E-state index in [1.54, 1.807) is 6.92 Å². The van der Waals surface area contributed by atoms with Crippen molar-refractivity contribution in [2.24, 2.45) is 0 Å². The summed E-state index contributed by atoms with van der Waals surface area (Å²) in [5, 5.41) is 8.85. The van der Waals surface area contributed by atoms with Crippen molar-refractivity contribution in [1.82, 2.24) is 0 Å². The number of carbonyl (C=O) groups excluding carboxylic acids is 1.